The van der Waals surface area contributed by atoms with Crippen molar-refractivity contribution in [1.82, 2.24) is 10.3 Å². The largest absolute Gasteiger partial charge is 0.424 e. The van der Waals surface area contributed by atoms with E-state index < -0.39 is 17.4 Å². The molecule has 2 saturated carbocycles. The molecule has 1 aromatic carbocycles. The van der Waals surface area contributed by atoms with Crippen LogP contribution in [0.25, 0.3) is 16.7 Å². The number of rotatable bonds is 1. The van der Waals surface area contributed by atoms with Gasteiger partial charge in [-0.05, 0) is 87.4 Å². The number of benzene rings is 1. The Balaban J connectivity index is 0.000000806. The topological polar surface area (TPSA) is 105 Å². The predicted octanol–water partition coefficient (Wildman–Crippen LogP) is 4.77. The Morgan fingerprint density at radius 2 is 1.97 bits per heavy atom. The molecular weight excluding hydrogens is 445 g/mol. The number of halogens is 1. The molecule has 2 aromatic rings. The van der Waals surface area contributed by atoms with E-state index in [1.165, 1.54) is 5.57 Å². The number of hydrogen-bond acceptors (Lipinski definition) is 6. The SMILES string of the molecule is CC12CC=C3CC4(F)CC(O)CCC4CC[C@]3(O)C1CC=C2c1ccc2nc(N)oc2c1.CNC. The lowest BCUT2D eigenvalue weighted by atomic mass is 9.58. The second-order valence-electron chi connectivity index (χ2n) is 11.3. The van der Waals surface area contributed by atoms with E-state index in [-0.39, 0.29) is 36.1 Å². The van der Waals surface area contributed by atoms with E-state index in [1.54, 1.807) is 0 Å². The Hall–Kier alpha value is -2.22. The van der Waals surface area contributed by atoms with Crippen molar-refractivity contribution in [3.63, 3.8) is 0 Å². The number of aliphatic hydroxyl groups excluding tert-OH is 1. The third kappa shape index (κ3) is 3.92. The number of oxazole rings is 1. The highest BCUT2D eigenvalue weighted by molar-refractivity contribution is 5.82. The summed E-state index contributed by atoms with van der Waals surface area (Å²) in [6.07, 6.45) is 8.36. The van der Waals surface area contributed by atoms with Gasteiger partial charge in [-0.3, -0.25) is 0 Å². The first kappa shape index (κ1) is 24.5. The van der Waals surface area contributed by atoms with Crippen LogP contribution in [0.15, 0.2) is 40.3 Å². The van der Waals surface area contributed by atoms with Crippen LogP contribution in [0.3, 0.4) is 0 Å². The summed E-state index contributed by atoms with van der Waals surface area (Å²) in [6.45, 7) is 2.23. The van der Waals surface area contributed by atoms with E-state index in [0.717, 1.165) is 29.5 Å². The highest BCUT2D eigenvalue weighted by Gasteiger charge is 2.59. The number of alkyl halides is 1. The molecule has 4 aliphatic carbocycles. The summed E-state index contributed by atoms with van der Waals surface area (Å²) >= 11 is 0. The van der Waals surface area contributed by atoms with Gasteiger partial charge in [0, 0.05) is 24.2 Å². The maximum atomic E-state index is 16.0. The van der Waals surface area contributed by atoms with Gasteiger partial charge < -0.3 is 25.7 Å². The number of nitrogens with two attached hydrogens (primary N) is 1. The van der Waals surface area contributed by atoms with Gasteiger partial charge in [0.25, 0.3) is 6.01 Å². The lowest BCUT2D eigenvalue weighted by Gasteiger charge is -2.49. The summed E-state index contributed by atoms with van der Waals surface area (Å²) in [6, 6.07) is 6.12. The lowest BCUT2D eigenvalue weighted by molar-refractivity contribution is -0.0359. The summed E-state index contributed by atoms with van der Waals surface area (Å²) in [5.74, 6) is -0.0741. The molecule has 5 N–H and O–H groups in total. The van der Waals surface area contributed by atoms with E-state index in [9.17, 15) is 10.2 Å². The molecule has 0 saturated heterocycles. The van der Waals surface area contributed by atoms with Crippen molar-refractivity contribution in [3.05, 3.63) is 41.5 Å². The summed E-state index contributed by atoms with van der Waals surface area (Å²) in [7, 11) is 3.75. The predicted molar refractivity (Wildman–Crippen MR) is 136 cm³/mol. The van der Waals surface area contributed by atoms with Gasteiger partial charge in [-0.2, -0.15) is 4.98 Å². The first-order valence-corrected chi connectivity index (χ1v) is 12.9. The van der Waals surface area contributed by atoms with Crippen molar-refractivity contribution in [2.24, 2.45) is 17.3 Å². The molecule has 7 heteroatoms. The molecule has 0 aliphatic heterocycles. The second-order valence-corrected chi connectivity index (χ2v) is 11.3. The molecule has 6 nitrogen and oxygen atoms in total. The number of nitrogen functional groups attached to an aromatic ring is 1. The molecule has 190 valence electrons. The minimum Gasteiger partial charge on any atom is -0.424 e. The normalized spacial score (nSPS) is 38.3. The van der Waals surface area contributed by atoms with Crippen molar-refractivity contribution < 1.29 is 19.0 Å². The summed E-state index contributed by atoms with van der Waals surface area (Å²) in [5.41, 5.74) is 7.58. The lowest BCUT2D eigenvalue weighted by Crippen LogP contribution is -2.49. The van der Waals surface area contributed by atoms with Gasteiger partial charge in [-0.1, -0.05) is 25.1 Å². The summed E-state index contributed by atoms with van der Waals surface area (Å²) in [4.78, 5) is 4.19. The van der Waals surface area contributed by atoms with Crippen molar-refractivity contribution in [2.75, 3.05) is 19.8 Å². The second kappa shape index (κ2) is 8.71. The van der Waals surface area contributed by atoms with Crippen molar-refractivity contribution in [2.45, 2.75) is 75.7 Å². The van der Waals surface area contributed by atoms with Gasteiger partial charge >= 0.3 is 0 Å². The molecule has 4 aliphatic rings. The van der Waals surface area contributed by atoms with E-state index in [4.69, 9.17) is 10.2 Å². The molecule has 0 bridgehead atoms. The van der Waals surface area contributed by atoms with E-state index in [1.807, 2.05) is 32.3 Å². The molecule has 1 aromatic heterocycles. The van der Waals surface area contributed by atoms with Crippen molar-refractivity contribution >= 4 is 22.7 Å². The fourth-order valence-electron chi connectivity index (χ4n) is 7.39. The van der Waals surface area contributed by atoms with Crippen LogP contribution < -0.4 is 11.1 Å². The molecule has 6 rings (SSSR count). The van der Waals surface area contributed by atoms with Crippen molar-refractivity contribution in [3.8, 4) is 0 Å². The van der Waals surface area contributed by atoms with E-state index >= 15 is 4.39 Å². The Morgan fingerprint density at radius 3 is 2.74 bits per heavy atom. The number of nitrogens with one attached hydrogen (secondary N) is 1. The number of aliphatic hydroxyl groups is 2. The summed E-state index contributed by atoms with van der Waals surface area (Å²) < 4.78 is 21.6. The highest BCUT2D eigenvalue weighted by atomic mass is 19.1. The fourth-order valence-corrected chi connectivity index (χ4v) is 7.39. The monoisotopic (exact) mass is 483 g/mol. The molecule has 35 heavy (non-hydrogen) atoms. The zero-order valence-electron chi connectivity index (χ0n) is 21.0. The average molecular weight is 484 g/mol. The molecule has 0 radical (unpaired) electrons. The van der Waals surface area contributed by atoms with Gasteiger partial charge in [0.05, 0.1) is 11.7 Å². The molecule has 5 unspecified atom stereocenters. The zero-order chi connectivity index (χ0) is 25.0. The van der Waals surface area contributed by atoms with Crippen LogP contribution >= 0.6 is 0 Å². The number of nitrogens with zero attached hydrogens (tertiary/aromatic N) is 1. The standard InChI is InChI=1S/C26H31FN2O3.C2H7N/c1-24-10-8-17-13-25(27)14-18(30)4-3-16(25)9-11-26(17,31)22(24)7-5-19(24)15-2-6-20-21(12-15)32-23(28)29-20;1-3-2/h2,5-6,8,12,16,18,22,30-31H,3-4,7,9-11,13-14H2,1H3,(H2,28,29);3H,1-2H3/t16?,18?,22?,24?,25?,26-;/m1./s1. The minimum absolute atomic E-state index is 0.00849. The summed E-state index contributed by atoms with van der Waals surface area (Å²) in [5, 5.41) is 25.0. The maximum Gasteiger partial charge on any atom is 0.292 e. The number of hydrogen-bond donors (Lipinski definition) is 4. The van der Waals surface area contributed by atoms with E-state index in [2.05, 4.69) is 29.4 Å². The maximum absolute atomic E-state index is 16.0. The molecule has 1 heterocycles. The first-order valence-electron chi connectivity index (χ1n) is 12.9. The van der Waals surface area contributed by atoms with Gasteiger partial charge in [-0.15, -0.1) is 0 Å². The third-order valence-electron chi connectivity index (χ3n) is 9.08. The highest BCUT2D eigenvalue weighted by Crippen LogP contribution is 2.63. The van der Waals surface area contributed by atoms with Gasteiger partial charge in [0.1, 0.15) is 11.2 Å². The zero-order valence-corrected chi connectivity index (χ0v) is 21.0. The van der Waals surface area contributed by atoms with Crippen LogP contribution in [-0.2, 0) is 0 Å². The molecule has 6 atom stereocenters. The molecule has 2 fully saturated rings. The van der Waals surface area contributed by atoms with Crippen LogP contribution in [0.2, 0.25) is 0 Å². The Bertz CT molecular complexity index is 1180. The average Bonchev–Trinajstić information content (AvgIpc) is 3.31. The van der Waals surface area contributed by atoms with E-state index in [0.29, 0.717) is 31.3 Å². The molecule has 0 amide bonds. The van der Waals surface area contributed by atoms with Gasteiger partial charge in [-0.25, -0.2) is 4.39 Å². The van der Waals surface area contributed by atoms with Crippen LogP contribution in [0.1, 0.15) is 63.9 Å². The fraction of sp³-hybridized carbons (Fsp3) is 0.607. The smallest absolute Gasteiger partial charge is 0.292 e. The Labute approximate surface area is 206 Å². The number of aromatic nitrogens is 1. The number of anilines is 1. The van der Waals surface area contributed by atoms with Crippen LogP contribution in [0.5, 0.6) is 0 Å². The van der Waals surface area contributed by atoms with Crippen LogP contribution in [-0.4, -0.2) is 46.7 Å². The third-order valence-corrected chi connectivity index (χ3v) is 9.08. The Kier molecular flexibility index (Phi) is 6.09. The van der Waals surface area contributed by atoms with Gasteiger partial charge in [0.2, 0.25) is 0 Å². The number of allylic oxidation sites excluding steroid dienone is 3. The number of fused-ring (bicyclic) bond motifs is 5. The molecular formula is C28H38FN3O3. The first-order chi connectivity index (χ1) is 16.6. The molecule has 0 spiro atoms. The van der Waals surface area contributed by atoms with Crippen LogP contribution in [0.4, 0.5) is 10.4 Å². The van der Waals surface area contributed by atoms with Crippen molar-refractivity contribution in [1.29, 1.82) is 0 Å². The Morgan fingerprint density at radius 1 is 1.20 bits per heavy atom. The quantitative estimate of drug-likeness (QED) is 0.436. The minimum atomic E-state index is -1.41. The van der Waals surface area contributed by atoms with Gasteiger partial charge in [0.15, 0.2) is 5.58 Å². The van der Waals surface area contributed by atoms with Crippen LogP contribution in [0, 0.1) is 17.3 Å².